The zero-order chi connectivity index (χ0) is 17.2. The average molecular weight is 356 g/mol. The molecule has 1 aliphatic heterocycles. The molecule has 132 valence electrons. The van der Waals surface area contributed by atoms with Gasteiger partial charge in [-0.3, -0.25) is 10.1 Å². The summed E-state index contributed by atoms with van der Waals surface area (Å²) in [5.41, 5.74) is 2.49. The number of fused-ring (bicyclic) bond motifs is 1. The first-order chi connectivity index (χ1) is 12.2. The van der Waals surface area contributed by atoms with E-state index in [-0.39, 0.29) is 5.91 Å². The fourth-order valence-corrected chi connectivity index (χ4v) is 4.91. The van der Waals surface area contributed by atoms with Crippen molar-refractivity contribution >= 4 is 28.1 Å². The summed E-state index contributed by atoms with van der Waals surface area (Å²) in [4.78, 5) is 14.7. The second-order valence-electron chi connectivity index (χ2n) is 7.14. The van der Waals surface area contributed by atoms with Crippen LogP contribution in [0.2, 0.25) is 0 Å². The molecule has 0 radical (unpaired) electrons. The third-order valence-corrected chi connectivity index (χ3v) is 6.30. The van der Waals surface area contributed by atoms with Crippen molar-refractivity contribution < 1.29 is 4.79 Å². The number of benzene rings is 1. The molecule has 5 nitrogen and oxygen atoms in total. The highest BCUT2D eigenvalue weighted by Crippen LogP contribution is 2.35. The normalized spacial score (nSPS) is 20.5. The van der Waals surface area contributed by atoms with Gasteiger partial charge in [0.05, 0.1) is 6.54 Å². The molecule has 1 N–H and O–H groups in total. The molecule has 1 saturated carbocycles. The minimum absolute atomic E-state index is 0.0186. The largest absolute Gasteiger partial charge is 0.359 e. The van der Waals surface area contributed by atoms with Crippen molar-refractivity contribution in [2.75, 3.05) is 16.8 Å². The van der Waals surface area contributed by atoms with Gasteiger partial charge in [-0.25, -0.2) is 0 Å². The van der Waals surface area contributed by atoms with E-state index in [4.69, 9.17) is 0 Å². The molecule has 1 unspecified atom stereocenters. The van der Waals surface area contributed by atoms with E-state index in [0.717, 1.165) is 11.4 Å². The van der Waals surface area contributed by atoms with E-state index in [0.29, 0.717) is 23.6 Å². The number of carbonyl (C=O) groups excluding carboxylic acids is 1. The smallest absolute Gasteiger partial charge is 0.245 e. The molecule has 0 spiro atoms. The number of nitrogens with zero attached hydrogens (tertiary/aromatic N) is 3. The van der Waals surface area contributed by atoms with Crippen LogP contribution in [0.1, 0.15) is 55.5 Å². The first-order valence-corrected chi connectivity index (χ1v) is 10.00. The lowest BCUT2D eigenvalue weighted by atomic mass is 9.90. The minimum atomic E-state index is -0.0186. The summed E-state index contributed by atoms with van der Waals surface area (Å²) < 4.78 is 0. The van der Waals surface area contributed by atoms with Crippen molar-refractivity contribution in [2.24, 2.45) is 0 Å². The van der Waals surface area contributed by atoms with Gasteiger partial charge >= 0.3 is 0 Å². The molecular formula is C19H24N4OS. The van der Waals surface area contributed by atoms with Gasteiger partial charge < -0.3 is 4.90 Å². The fraction of sp³-hybridized carbons (Fsp3) is 0.526. The molecule has 1 atom stereocenters. The Balaban J connectivity index is 1.39. The van der Waals surface area contributed by atoms with Crippen molar-refractivity contribution in [3.8, 4) is 0 Å². The van der Waals surface area contributed by atoms with Crippen molar-refractivity contribution in [3.05, 3.63) is 34.8 Å². The molecule has 1 fully saturated rings. The predicted molar refractivity (Wildman–Crippen MR) is 101 cm³/mol. The van der Waals surface area contributed by atoms with Gasteiger partial charge in [0.1, 0.15) is 5.01 Å². The van der Waals surface area contributed by atoms with Gasteiger partial charge in [0.2, 0.25) is 11.0 Å². The number of amides is 1. The van der Waals surface area contributed by atoms with Crippen LogP contribution >= 0.6 is 11.3 Å². The molecule has 2 aromatic rings. The number of rotatable bonds is 4. The van der Waals surface area contributed by atoms with Crippen LogP contribution in [0, 0.1) is 0 Å². The van der Waals surface area contributed by atoms with Gasteiger partial charge in [0, 0.05) is 17.6 Å². The molecule has 2 aliphatic rings. The lowest BCUT2D eigenvalue weighted by Crippen LogP contribution is -2.37. The minimum Gasteiger partial charge on any atom is -0.359 e. The molecule has 2 heterocycles. The maximum absolute atomic E-state index is 12.5. The molecule has 1 aliphatic carbocycles. The molecule has 1 amide bonds. The summed E-state index contributed by atoms with van der Waals surface area (Å²) in [5.74, 6) is 0.511. The number of anilines is 2. The first-order valence-electron chi connectivity index (χ1n) is 9.18. The average Bonchev–Trinajstić information content (AvgIpc) is 3.21. The Kier molecular flexibility index (Phi) is 4.70. The monoisotopic (exact) mass is 356 g/mol. The quantitative estimate of drug-likeness (QED) is 0.900. The van der Waals surface area contributed by atoms with Crippen LogP contribution in [0.4, 0.5) is 10.8 Å². The highest BCUT2D eigenvalue weighted by atomic mass is 32.1. The van der Waals surface area contributed by atoms with Gasteiger partial charge in [-0.1, -0.05) is 48.8 Å². The second kappa shape index (κ2) is 7.12. The lowest BCUT2D eigenvalue weighted by Gasteiger charge is -2.23. The van der Waals surface area contributed by atoms with Crippen molar-refractivity contribution in [1.82, 2.24) is 10.2 Å². The van der Waals surface area contributed by atoms with E-state index in [1.54, 1.807) is 0 Å². The van der Waals surface area contributed by atoms with E-state index in [1.807, 2.05) is 6.07 Å². The Morgan fingerprint density at radius 2 is 2.04 bits per heavy atom. The third kappa shape index (κ3) is 3.54. The SMILES string of the molecule is CC1Cc2ccccc2N1CC(=O)Nc1nnc(C2CCCCC2)s1. The number of carbonyl (C=O) groups is 1. The maximum Gasteiger partial charge on any atom is 0.245 e. The van der Waals surface area contributed by atoms with Crippen LogP contribution in [-0.2, 0) is 11.2 Å². The number of nitrogens with one attached hydrogen (secondary N) is 1. The van der Waals surface area contributed by atoms with Crippen LogP contribution < -0.4 is 10.2 Å². The van der Waals surface area contributed by atoms with Gasteiger partial charge in [-0.2, -0.15) is 0 Å². The van der Waals surface area contributed by atoms with Gasteiger partial charge in [-0.15, -0.1) is 10.2 Å². The first kappa shape index (κ1) is 16.5. The number of para-hydroxylation sites is 1. The number of hydrogen-bond acceptors (Lipinski definition) is 5. The molecule has 1 aromatic carbocycles. The van der Waals surface area contributed by atoms with Crippen LogP contribution in [0.25, 0.3) is 0 Å². The Labute approximate surface area is 152 Å². The zero-order valence-electron chi connectivity index (χ0n) is 14.6. The lowest BCUT2D eigenvalue weighted by molar-refractivity contribution is -0.115. The molecule has 25 heavy (non-hydrogen) atoms. The van der Waals surface area contributed by atoms with Crippen molar-refractivity contribution in [1.29, 1.82) is 0 Å². The summed E-state index contributed by atoms with van der Waals surface area (Å²) in [6, 6.07) is 8.67. The van der Waals surface area contributed by atoms with E-state index >= 15 is 0 Å². The number of hydrogen-bond donors (Lipinski definition) is 1. The second-order valence-corrected chi connectivity index (χ2v) is 8.15. The molecule has 1 aromatic heterocycles. The molecule has 4 rings (SSSR count). The van der Waals surface area contributed by atoms with E-state index in [2.05, 4.69) is 45.5 Å². The van der Waals surface area contributed by atoms with Crippen LogP contribution in [0.15, 0.2) is 24.3 Å². The summed E-state index contributed by atoms with van der Waals surface area (Å²) >= 11 is 1.54. The van der Waals surface area contributed by atoms with Gasteiger partial charge in [0.15, 0.2) is 0 Å². The topological polar surface area (TPSA) is 58.1 Å². The molecule has 0 saturated heterocycles. The Morgan fingerprint density at radius 3 is 2.88 bits per heavy atom. The Hall–Kier alpha value is -1.95. The van der Waals surface area contributed by atoms with Crippen LogP contribution in [0.5, 0.6) is 0 Å². The standard InChI is InChI=1S/C19H24N4OS/c1-13-11-15-9-5-6-10-16(15)23(13)12-17(24)20-19-22-21-18(25-19)14-7-3-2-4-8-14/h5-6,9-10,13-14H,2-4,7-8,11-12H2,1H3,(H,20,22,24). The maximum atomic E-state index is 12.5. The fourth-order valence-electron chi connectivity index (χ4n) is 3.98. The van der Waals surface area contributed by atoms with Crippen molar-refractivity contribution in [3.63, 3.8) is 0 Å². The van der Waals surface area contributed by atoms with Crippen molar-refractivity contribution in [2.45, 2.75) is 57.4 Å². The highest BCUT2D eigenvalue weighted by Gasteiger charge is 2.27. The van der Waals surface area contributed by atoms with Crippen LogP contribution in [0.3, 0.4) is 0 Å². The predicted octanol–water partition coefficient (Wildman–Crippen LogP) is 3.98. The number of aromatic nitrogens is 2. The van der Waals surface area contributed by atoms with Gasteiger partial charge in [-0.05, 0) is 37.8 Å². The van der Waals surface area contributed by atoms with Gasteiger partial charge in [0.25, 0.3) is 0 Å². The van der Waals surface area contributed by atoms with Crippen LogP contribution in [-0.4, -0.2) is 28.7 Å². The van der Waals surface area contributed by atoms with E-state index < -0.39 is 0 Å². The van der Waals surface area contributed by atoms with E-state index in [1.165, 1.54) is 54.7 Å². The van der Waals surface area contributed by atoms with E-state index in [9.17, 15) is 4.79 Å². The zero-order valence-corrected chi connectivity index (χ0v) is 15.4. The summed E-state index contributed by atoms with van der Waals surface area (Å²) in [6.07, 6.45) is 7.27. The molecular weight excluding hydrogens is 332 g/mol. The Bertz CT molecular complexity index is 753. The Morgan fingerprint density at radius 1 is 1.24 bits per heavy atom. The summed E-state index contributed by atoms with van der Waals surface area (Å²) in [5, 5.41) is 13.2. The molecule has 6 heteroatoms. The summed E-state index contributed by atoms with van der Waals surface area (Å²) in [7, 11) is 0. The molecule has 0 bridgehead atoms. The summed E-state index contributed by atoms with van der Waals surface area (Å²) in [6.45, 7) is 2.52. The highest BCUT2D eigenvalue weighted by molar-refractivity contribution is 7.15. The third-order valence-electron chi connectivity index (χ3n) is 5.30.